The fraction of sp³-hybridized carbons (Fsp3) is 0.533. The van der Waals surface area contributed by atoms with E-state index in [1.165, 1.54) is 12.1 Å². The molecule has 2 N–H and O–H groups in total. The van der Waals surface area contributed by atoms with Gasteiger partial charge in [-0.1, -0.05) is 12.2 Å². The van der Waals surface area contributed by atoms with E-state index >= 15 is 0 Å². The predicted molar refractivity (Wildman–Crippen MR) is 83.7 cm³/mol. The second-order valence-electron chi connectivity index (χ2n) is 6.60. The Balaban J connectivity index is 2.42. The normalized spacial score (nSPS) is 20.4. The maximum Gasteiger partial charge on any atom is 0.182 e. The van der Waals surface area contributed by atoms with Crippen molar-refractivity contribution in [1.29, 1.82) is 0 Å². The molecule has 3 nitrogen and oxygen atoms in total. The average Bonchev–Trinajstić information content (AvgIpc) is 2.27. The van der Waals surface area contributed by atoms with Crippen LogP contribution in [0.3, 0.4) is 0 Å². The summed E-state index contributed by atoms with van der Waals surface area (Å²) in [5.41, 5.74) is 4.62. The van der Waals surface area contributed by atoms with Crippen molar-refractivity contribution in [3.8, 4) is 0 Å². The lowest BCUT2D eigenvalue weighted by Crippen LogP contribution is -2.57. The van der Waals surface area contributed by atoms with E-state index < -0.39 is 22.8 Å². The van der Waals surface area contributed by atoms with Crippen LogP contribution in [0.5, 0.6) is 0 Å². The molecule has 0 unspecified atom stereocenters. The zero-order chi connectivity index (χ0) is 16.0. The number of thiocarbonyl (C=S) groups is 1. The highest BCUT2D eigenvalue weighted by Gasteiger charge is 2.39. The number of ether oxygens (including phenoxy) is 1. The first kappa shape index (κ1) is 16.1. The van der Waals surface area contributed by atoms with E-state index in [4.69, 9.17) is 22.7 Å². The first-order chi connectivity index (χ1) is 9.52. The minimum atomic E-state index is -0.998. The van der Waals surface area contributed by atoms with Gasteiger partial charge in [0.1, 0.15) is 4.99 Å². The van der Waals surface area contributed by atoms with E-state index in [0.717, 1.165) is 0 Å². The quantitative estimate of drug-likeness (QED) is 0.852. The first-order valence-corrected chi connectivity index (χ1v) is 7.16. The number of hydrogen-bond acceptors (Lipinski definition) is 3. The van der Waals surface area contributed by atoms with Gasteiger partial charge >= 0.3 is 0 Å². The smallest absolute Gasteiger partial charge is 0.182 e. The van der Waals surface area contributed by atoms with Crippen LogP contribution in [0, 0.1) is 11.6 Å². The topological polar surface area (TPSA) is 38.5 Å². The lowest BCUT2D eigenvalue weighted by molar-refractivity contribution is -0.133. The minimum Gasteiger partial charge on any atom is -0.389 e. The van der Waals surface area contributed by atoms with E-state index in [1.54, 1.807) is 4.90 Å². The molecule has 1 aliphatic heterocycles. The van der Waals surface area contributed by atoms with Gasteiger partial charge in [-0.15, -0.1) is 0 Å². The number of nitrogens with zero attached hydrogens (tertiary/aromatic N) is 1. The van der Waals surface area contributed by atoms with Crippen LogP contribution >= 0.6 is 12.2 Å². The first-order valence-electron chi connectivity index (χ1n) is 6.75. The number of morpholine rings is 1. The highest BCUT2D eigenvalue weighted by Crippen LogP contribution is 2.33. The Morgan fingerprint density at radius 1 is 1.14 bits per heavy atom. The molecule has 21 heavy (non-hydrogen) atoms. The van der Waals surface area contributed by atoms with Crippen LogP contribution < -0.4 is 10.6 Å². The van der Waals surface area contributed by atoms with Crippen molar-refractivity contribution in [3.63, 3.8) is 0 Å². The molecule has 0 aromatic heterocycles. The van der Waals surface area contributed by atoms with Gasteiger partial charge in [-0.05, 0) is 39.8 Å². The van der Waals surface area contributed by atoms with Gasteiger partial charge in [0.25, 0.3) is 0 Å². The summed E-state index contributed by atoms with van der Waals surface area (Å²) in [4.78, 5) is 1.64. The van der Waals surface area contributed by atoms with E-state index in [0.29, 0.717) is 13.1 Å². The van der Waals surface area contributed by atoms with Crippen molar-refractivity contribution < 1.29 is 13.5 Å². The lowest BCUT2D eigenvalue weighted by atomic mass is 9.98. The molecule has 0 atom stereocenters. The Morgan fingerprint density at radius 2 is 1.67 bits per heavy atom. The third kappa shape index (κ3) is 3.32. The van der Waals surface area contributed by atoms with Crippen molar-refractivity contribution in [2.45, 2.75) is 38.9 Å². The van der Waals surface area contributed by atoms with Gasteiger partial charge < -0.3 is 15.4 Å². The van der Waals surface area contributed by atoms with Crippen molar-refractivity contribution in [2.75, 3.05) is 18.0 Å². The molecule has 0 aliphatic carbocycles. The second kappa shape index (κ2) is 5.18. The van der Waals surface area contributed by atoms with E-state index in [-0.39, 0.29) is 16.2 Å². The highest BCUT2D eigenvalue weighted by atomic mass is 32.1. The average molecular weight is 314 g/mol. The summed E-state index contributed by atoms with van der Waals surface area (Å²) in [6.45, 7) is 8.66. The van der Waals surface area contributed by atoms with Gasteiger partial charge in [-0.2, -0.15) is 0 Å². The summed E-state index contributed by atoms with van der Waals surface area (Å²) < 4.78 is 34.3. The van der Waals surface area contributed by atoms with Crippen LogP contribution in [0.4, 0.5) is 14.5 Å². The largest absolute Gasteiger partial charge is 0.389 e. The number of rotatable bonds is 2. The molecule has 1 saturated heterocycles. The van der Waals surface area contributed by atoms with Gasteiger partial charge in [0.05, 0.1) is 16.9 Å². The molecule has 0 saturated carbocycles. The van der Waals surface area contributed by atoms with E-state index in [2.05, 4.69) is 0 Å². The fourth-order valence-electron chi connectivity index (χ4n) is 2.93. The molecule has 0 bridgehead atoms. The molecule has 1 heterocycles. The lowest BCUT2D eigenvalue weighted by Gasteiger charge is -2.48. The molecule has 2 rings (SSSR count). The maximum absolute atomic E-state index is 14.3. The van der Waals surface area contributed by atoms with Crippen LogP contribution in [0.1, 0.15) is 33.3 Å². The summed E-state index contributed by atoms with van der Waals surface area (Å²) >= 11 is 4.72. The van der Waals surface area contributed by atoms with Crippen LogP contribution in [-0.2, 0) is 4.74 Å². The summed E-state index contributed by atoms with van der Waals surface area (Å²) in [7, 11) is 0. The van der Waals surface area contributed by atoms with Crippen molar-refractivity contribution >= 4 is 22.9 Å². The van der Waals surface area contributed by atoms with Gasteiger partial charge in [0.2, 0.25) is 0 Å². The third-order valence-electron chi connectivity index (χ3n) is 3.36. The van der Waals surface area contributed by atoms with Crippen molar-refractivity contribution in [1.82, 2.24) is 0 Å². The van der Waals surface area contributed by atoms with Crippen molar-refractivity contribution in [2.24, 2.45) is 5.73 Å². The van der Waals surface area contributed by atoms with Gasteiger partial charge in [0, 0.05) is 18.7 Å². The number of halogens is 2. The van der Waals surface area contributed by atoms with Gasteiger partial charge in [-0.3, -0.25) is 0 Å². The second-order valence-corrected chi connectivity index (χ2v) is 7.04. The fourth-order valence-corrected chi connectivity index (χ4v) is 3.09. The Morgan fingerprint density at radius 3 is 2.14 bits per heavy atom. The zero-order valence-corrected chi connectivity index (χ0v) is 13.5. The molecule has 1 aromatic rings. The SMILES string of the molecule is CC1(C)CN(c2ccc(C(N)=S)c(F)c2F)CC(C)(C)O1. The third-order valence-corrected chi connectivity index (χ3v) is 3.58. The number of anilines is 1. The predicted octanol–water partition coefficient (Wildman–Crippen LogP) is 2.99. The molecular formula is C15H20F2N2OS. The Kier molecular flexibility index (Phi) is 3.97. The number of nitrogens with two attached hydrogens (primary N) is 1. The Labute approximate surface area is 129 Å². The zero-order valence-electron chi connectivity index (χ0n) is 12.7. The maximum atomic E-state index is 14.3. The van der Waals surface area contributed by atoms with Gasteiger partial charge in [-0.25, -0.2) is 8.78 Å². The molecule has 1 aliphatic rings. The van der Waals surface area contributed by atoms with Crippen LogP contribution in [0.2, 0.25) is 0 Å². The molecule has 116 valence electrons. The number of hydrogen-bond donors (Lipinski definition) is 1. The summed E-state index contributed by atoms with van der Waals surface area (Å²) in [6.07, 6.45) is 0. The standard InChI is InChI=1S/C15H20F2N2OS/c1-14(2)7-19(8-15(3,4)20-14)10-6-5-9(13(18)21)11(16)12(10)17/h5-6H,7-8H2,1-4H3,(H2,18,21). The molecule has 6 heteroatoms. The molecule has 0 radical (unpaired) electrons. The van der Waals surface area contributed by atoms with Crippen molar-refractivity contribution in [3.05, 3.63) is 29.3 Å². The minimum absolute atomic E-state index is 0.0713. The molecule has 0 amide bonds. The monoisotopic (exact) mass is 314 g/mol. The number of benzene rings is 1. The van der Waals surface area contributed by atoms with Crippen LogP contribution in [0.25, 0.3) is 0 Å². The molecule has 1 fully saturated rings. The summed E-state index contributed by atoms with van der Waals surface area (Å²) in [6, 6.07) is 2.94. The van der Waals surface area contributed by atoms with E-state index in [1.807, 2.05) is 27.7 Å². The molecule has 1 aromatic carbocycles. The van der Waals surface area contributed by atoms with Crippen LogP contribution in [0.15, 0.2) is 12.1 Å². The molecular weight excluding hydrogens is 294 g/mol. The Bertz CT molecular complexity index is 571. The molecule has 0 spiro atoms. The van der Waals surface area contributed by atoms with E-state index in [9.17, 15) is 8.78 Å². The highest BCUT2D eigenvalue weighted by molar-refractivity contribution is 7.80. The summed E-state index contributed by atoms with van der Waals surface area (Å²) in [5, 5.41) is 0. The van der Waals surface area contributed by atoms with Crippen LogP contribution in [-0.4, -0.2) is 29.3 Å². The van der Waals surface area contributed by atoms with Gasteiger partial charge in [0.15, 0.2) is 11.6 Å². The Hall–Kier alpha value is -1.27. The summed E-state index contributed by atoms with van der Waals surface area (Å²) in [5.74, 6) is -1.92.